The van der Waals surface area contributed by atoms with Crippen LogP contribution in [0, 0.1) is 5.82 Å². The first-order valence-corrected chi connectivity index (χ1v) is 10.6. The number of amides is 2. The Kier molecular flexibility index (Phi) is 6.21. The van der Waals surface area contributed by atoms with Crippen LogP contribution in [0.25, 0.3) is 0 Å². The average molecular weight is 432 g/mol. The van der Waals surface area contributed by atoms with E-state index in [0.29, 0.717) is 17.1 Å². The summed E-state index contributed by atoms with van der Waals surface area (Å²) in [5.74, 6) is -0.587. The molecule has 6 heteroatoms. The van der Waals surface area contributed by atoms with Gasteiger partial charge in [-0.05, 0) is 54.8 Å². The third-order valence-corrected chi connectivity index (χ3v) is 6.01. The van der Waals surface area contributed by atoms with Crippen molar-refractivity contribution in [3.8, 4) is 5.75 Å². The van der Waals surface area contributed by atoms with Gasteiger partial charge in [-0.2, -0.15) is 0 Å². The van der Waals surface area contributed by atoms with Crippen molar-refractivity contribution < 1.29 is 18.7 Å². The van der Waals surface area contributed by atoms with Crippen LogP contribution in [0.3, 0.4) is 0 Å². The molecule has 2 amide bonds. The molecular formula is C26H25FN2O3. The molecule has 0 aliphatic heterocycles. The molecular weight excluding hydrogens is 407 g/mol. The predicted molar refractivity (Wildman–Crippen MR) is 123 cm³/mol. The van der Waals surface area contributed by atoms with Gasteiger partial charge in [0.1, 0.15) is 11.6 Å². The van der Waals surface area contributed by atoms with Gasteiger partial charge in [-0.3, -0.25) is 9.59 Å². The number of nitrogens with one attached hydrogen (secondary N) is 2. The molecule has 3 aromatic rings. The quantitative estimate of drug-likeness (QED) is 0.538. The van der Waals surface area contributed by atoms with E-state index >= 15 is 0 Å². The number of halogens is 1. The van der Waals surface area contributed by atoms with Crippen LogP contribution in [-0.4, -0.2) is 18.9 Å². The second kappa shape index (κ2) is 9.22. The molecule has 5 nitrogen and oxygen atoms in total. The molecule has 1 aliphatic carbocycles. The van der Waals surface area contributed by atoms with Gasteiger partial charge < -0.3 is 15.4 Å². The van der Waals surface area contributed by atoms with E-state index in [1.54, 1.807) is 18.2 Å². The first-order chi connectivity index (χ1) is 15.5. The monoisotopic (exact) mass is 432 g/mol. The maximum Gasteiger partial charge on any atom is 0.255 e. The molecule has 1 saturated carbocycles. The number of hydrogen-bond donors (Lipinski definition) is 2. The number of hydrogen-bond acceptors (Lipinski definition) is 3. The number of methoxy groups -OCH3 is 1. The van der Waals surface area contributed by atoms with E-state index in [1.165, 1.54) is 25.3 Å². The van der Waals surface area contributed by atoms with Gasteiger partial charge in [0, 0.05) is 11.3 Å². The molecule has 0 atom stereocenters. The fourth-order valence-electron chi connectivity index (χ4n) is 4.34. The van der Waals surface area contributed by atoms with Crippen LogP contribution in [0.1, 0.15) is 41.6 Å². The van der Waals surface area contributed by atoms with Crippen molar-refractivity contribution in [3.63, 3.8) is 0 Å². The largest absolute Gasteiger partial charge is 0.495 e. The molecule has 1 fully saturated rings. The van der Waals surface area contributed by atoms with Gasteiger partial charge in [-0.15, -0.1) is 0 Å². The Morgan fingerprint density at radius 3 is 2.34 bits per heavy atom. The highest BCUT2D eigenvalue weighted by atomic mass is 19.1. The van der Waals surface area contributed by atoms with Crippen molar-refractivity contribution in [2.75, 3.05) is 17.7 Å². The van der Waals surface area contributed by atoms with Crippen molar-refractivity contribution >= 4 is 23.2 Å². The van der Waals surface area contributed by atoms with E-state index in [9.17, 15) is 14.0 Å². The second-order valence-corrected chi connectivity index (χ2v) is 7.99. The molecule has 0 radical (unpaired) electrons. The lowest BCUT2D eigenvalue weighted by Crippen LogP contribution is -2.38. The summed E-state index contributed by atoms with van der Waals surface area (Å²) in [6.45, 7) is 0. The van der Waals surface area contributed by atoms with Crippen molar-refractivity contribution in [1.29, 1.82) is 0 Å². The summed E-state index contributed by atoms with van der Waals surface area (Å²) < 4.78 is 18.8. The minimum Gasteiger partial charge on any atom is -0.495 e. The van der Waals surface area contributed by atoms with Gasteiger partial charge in [0.25, 0.3) is 5.91 Å². The molecule has 0 aromatic heterocycles. The van der Waals surface area contributed by atoms with Crippen molar-refractivity contribution in [2.24, 2.45) is 0 Å². The third-order valence-electron chi connectivity index (χ3n) is 6.01. The lowest BCUT2D eigenvalue weighted by atomic mass is 9.78. The lowest BCUT2D eigenvalue weighted by Gasteiger charge is -2.28. The molecule has 4 rings (SSSR count). The first-order valence-electron chi connectivity index (χ1n) is 10.6. The smallest absolute Gasteiger partial charge is 0.255 e. The maximum absolute atomic E-state index is 13.5. The Bertz CT molecular complexity index is 1120. The zero-order valence-electron chi connectivity index (χ0n) is 17.9. The Morgan fingerprint density at radius 1 is 0.906 bits per heavy atom. The number of ether oxygens (including phenoxy) is 1. The summed E-state index contributed by atoms with van der Waals surface area (Å²) in [6.07, 6.45) is 3.59. The topological polar surface area (TPSA) is 67.4 Å². The number of carbonyl (C=O) groups excluding carboxylic acids is 2. The number of benzene rings is 3. The Hall–Kier alpha value is -3.67. The van der Waals surface area contributed by atoms with E-state index in [1.807, 2.05) is 30.3 Å². The van der Waals surface area contributed by atoms with Gasteiger partial charge in [-0.1, -0.05) is 49.2 Å². The van der Waals surface area contributed by atoms with Crippen molar-refractivity contribution in [3.05, 3.63) is 89.7 Å². The molecule has 3 aromatic carbocycles. The second-order valence-electron chi connectivity index (χ2n) is 7.99. The zero-order chi connectivity index (χ0) is 22.6. The van der Waals surface area contributed by atoms with E-state index in [4.69, 9.17) is 4.74 Å². The van der Waals surface area contributed by atoms with E-state index in [-0.39, 0.29) is 11.5 Å². The number of rotatable bonds is 6. The fraction of sp³-hybridized carbons (Fsp3) is 0.231. The SMILES string of the molecule is COc1ccc(NC(=O)C2(c3ccccc3)CCCC2)cc1NC(=O)c1cccc(F)c1. The van der Waals surface area contributed by atoms with Crippen molar-refractivity contribution in [1.82, 2.24) is 0 Å². The highest BCUT2D eigenvalue weighted by Crippen LogP contribution is 2.42. The zero-order valence-corrected chi connectivity index (χ0v) is 17.9. The average Bonchev–Trinajstić information content (AvgIpc) is 3.31. The highest BCUT2D eigenvalue weighted by Gasteiger charge is 2.42. The van der Waals surface area contributed by atoms with Gasteiger partial charge in [0.15, 0.2) is 0 Å². The van der Waals surface area contributed by atoms with Gasteiger partial charge in [-0.25, -0.2) is 4.39 Å². The minimum atomic E-state index is -0.563. The third kappa shape index (κ3) is 4.35. The summed E-state index contributed by atoms with van der Waals surface area (Å²) in [7, 11) is 1.49. The van der Waals surface area contributed by atoms with Gasteiger partial charge in [0.05, 0.1) is 18.2 Å². The molecule has 0 heterocycles. The van der Waals surface area contributed by atoms with Gasteiger partial charge >= 0.3 is 0 Å². The molecule has 1 aliphatic rings. The van der Waals surface area contributed by atoms with Crippen LogP contribution in [0.4, 0.5) is 15.8 Å². The van der Waals surface area contributed by atoms with E-state index in [2.05, 4.69) is 10.6 Å². The number of anilines is 2. The molecule has 164 valence electrons. The van der Waals surface area contributed by atoms with Crippen LogP contribution < -0.4 is 15.4 Å². The Labute approximate surface area is 186 Å². The summed E-state index contributed by atoms with van der Waals surface area (Å²) >= 11 is 0. The minimum absolute atomic E-state index is 0.0613. The molecule has 0 unspecified atom stereocenters. The molecule has 32 heavy (non-hydrogen) atoms. The predicted octanol–water partition coefficient (Wildman–Crippen LogP) is 5.54. The van der Waals surface area contributed by atoms with E-state index in [0.717, 1.165) is 37.3 Å². The molecule has 0 bridgehead atoms. The van der Waals surface area contributed by atoms with Crippen LogP contribution in [0.2, 0.25) is 0 Å². The first kappa shape index (κ1) is 21.6. The summed E-state index contributed by atoms with van der Waals surface area (Å²) in [4.78, 5) is 26.0. The molecule has 2 N–H and O–H groups in total. The standard InChI is InChI=1S/C26H25FN2O3/c1-32-23-13-12-21(17-22(23)29-24(30)18-8-7-11-20(27)16-18)28-25(31)26(14-5-6-15-26)19-9-3-2-4-10-19/h2-4,7-13,16-17H,5-6,14-15H2,1H3,(H,28,31)(H,29,30). The maximum atomic E-state index is 13.5. The van der Waals surface area contributed by atoms with Crippen LogP contribution >= 0.6 is 0 Å². The van der Waals surface area contributed by atoms with E-state index < -0.39 is 17.1 Å². The molecule has 0 saturated heterocycles. The van der Waals surface area contributed by atoms with Crippen LogP contribution in [0.5, 0.6) is 5.75 Å². The van der Waals surface area contributed by atoms with Gasteiger partial charge in [0.2, 0.25) is 5.91 Å². The fourth-order valence-corrected chi connectivity index (χ4v) is 4.34. The van der Waals surface area contributed by atoms with Crippen LogP contribution in [-0.2, 0) is 10.2 Å². The summed E-state index contributed by atoms with van der Waals surface area (Å²) in [5.41, 5.74) is 1.58. The summed E-state index contributed by atoms with van der Waals surface area (Å²) in [6, 6.07) is 20.4. The lowest BCUT2D eigenvalue weighted by molar-refractivity contribution is -0.121. The molecule has 0 spiro atoms. The number of carbonyl (C=O) groups is 2. The summed E-state index contributed by atoms with van der Waals surface area (Å²) in [5, 5.41) is 5.78. The van der Waals surface area contributed by atoms with Crippen LogP contribution in [0.15, 0.2) is 72.8 Å². The Morgan fingerprint density at radius 2 is 1.66 bits per heavy atom. The Balaban J connectivity index is 1.58. The van der Waals surface area contributed by atoms with Crippen molar-refractivity contribution in [2.45, 2.75) is 31.1 Å². The highest BCUT2D eigenvalue weighted by molar-refractivity contribution is 6.06. The normalized spacial score (nSPS) is 14.6.